The molecule has 0 unspecified atom stereocenters. The molecule has 0 bridgehead atoms. The van der Waals surface area contributed by atoms with Crippen molar-refractivity contribution in [2.24, 2.45) is 0 Å². The van der Waals surface area contributed by atoms with E-state index in [9.17, 15) is 4.79 Å². The number of rotatable bonds is 2. The van der Waals surface area contributed by atoms with E-state index in [1.165, 1.54) is 0 Å². The zero-order chi connectivity index (χ0) is 14.8. The van der Waals surface area contributed by atoms with Crippen LogP contribution in [0.15, 0.2) is 42.1 Å². The fourth-order valence-electron chi connectivity index (χ4n) is 2.57. The van der Waals surface area contributed by atoms with Crippen LogP contribution in [0.25, 0.3) is 6.08 Å². The normalized spacial score (nSPS) is 15.9. The van der Waals surface area contributed by atoms with Crippen molar-refractivity contribution in [2.45, 2.75) is 19.8 Å². The molecular formula is C18H17NO2. The Labute approximate surface area is 124 Å². The van der Waals surface area contributed by atoms with Gasteiger partial charge >= 0.3 is 0 Å². The van der Waals surface area contributed by atoms with Crippen LogP contribution < -0.4 is 4.74 Å². The lowest BCUT2D eigenvalue weighted by molar-refractivity contribution is 0.102. The summed E-state index contributed by atoms with van der Waals surface area (Å²) in [6, 6.07) is 9.66. The first-order valence-electron chi connectivity index (χ1n) is 7.02. The van der Waals surface area contributed by atoms with E-state index >= 15 is 0 Å². The summed E-state index contributed by atoms with van der Waals surface area (Å²) in [7, 11) is 1.64. The van der Waals surface area contributed by atoms with Crippen LogP contribution in [-0.4, -0.2) is 17.9 Å². The van der Waals surface area contributed by atoms with Crippen LogP contribution in [0.3, 0.4) is 0 Å². The highest BCUT2D eigenvalue weighted by atomic mass is 16.5. The SMILES string of the molecule is COc1ccc(C=C2CCc3ncc(C)cc3C2=O)cc1. The molecule has 0 N–H and O–H groups in total. The molecule has 106 valence electrons. The third-order valence-electron chi connectivity index (χ3n) is 3.73. The van der Waals surface area contributed by atoms with Gasteiger partial charge in [0.2, 0.25) is 0 Å². The van der Waals surface area contributed by atoms with Crippen molar-refractivity contribution in [1.29, 1.82) is 0 Å². The first kappa shape index (κ1) is 13.6. The lowest BCUT2D eigenvalue weighted by atomic mass is 9.88. The van der Waals surface area contributed by atoms with E-state index in [0.29, 0.717) is 0 Å². The summed E-state index contributed by atoms with van der Waals surface area (Å²) < 4.78 is 5.14. The number of ether oxygens (including phenoxy) is 1. The Morgan fingerprint density at radius 3 is 2.67 bits per heavy atom. The molecule has 3 rings (SSSR count). The highest BCUT2D eigenvalue weighted by Gasteiger charge is 2.22. The number of ketones is 1. The predicted octanol–water partition coefficient (Wildman–Crippen LogP) is 3.61. The molecule has 2 aromatic rings. The average molecular weight is 279 g/mol. The number of benzene rings is 1. The molecule has 1 aromatic heterocycles. The van der Waals surface area contributed by atoms with Gasteiger partial charge in [0.25, 0.3) is 0 Å². The number of pyridine rings is 1. The van der Waals surface area contributed by atoms with Crippen molar-refractivity contribution in [2.75, 3.05) is 7.11 Å². The van der Waals surface area contributed by atoms with Crippen molar-refractivity contribution in [1.82, 2.24) is 4.98 Å². The Balaban J connectivity index is 1.93. The Kier molecular flexibility index (Phi) is 3.57. The van der Waals surface area contributed by atoms with Gasteiger partial charge in [-0.25, -0.2) is 0 Å². The minimum Gasteiger partial charge on any atom is -0.497 e. The molecule has 0 spiro atoms. The summed E-state index contributed by atoms with van der Waals surface area (Å²) in [5.41, 5.74) is 4.55. The number of aromatic nitrogens is 1. The van der Waals surface area contributed by atoms with Crippen LogP contribution in [0, 0.1) is 6.92 Å². The first-order chi connectivity index (χ1) is 10.2. The van der Waals surface area contributed by atoms with Gasteiger partial charge in [-0.05, 0) is 55.2 Å². The number of Topliss-reactive ketones (excluding diaryl/α,β-unsaturated/α-hetero) is 1. The van der Waals surface area contributed by atoms with Crippen molar-refractivity contribution in [3.8, 4) is 5.75 Å². The molecule has 3 nitrogen and oxygen atoms in total. The monoisotopic (exact) mass is 279 g/mol. The first-order valence-corrected chi connectivity index (χ1v) is 7.02. The van der Waals surface area contributed by atoms with Crippen molar-refractivity contribution in [3.05, 3.63) is 64.5 Å². The predicted molar refractivity (Wildman–Crippen MR) is 82.6 cm³/mol. The highest BCUT2D eigenvalue weighted by Crippen LogP contribution is 2.26. The van der Waals surface area contributed by atoms with Crippen molar-refractivity contribution < 1.29 is 9.53 Å². The van der Waals surface area contributed by atoms with E-state index in [4.69, 9.17) is 4.74 Å². The van der Waals surface area contributed by atoms with Gasteiger partial charge < -0.3 is 4.74 Å². The zero-order valence-electron chi connectivity index (χ0n) is 12.2. The number of fused-ring (bicyclic) bond motifs is 1. The van der Waals surface area contributed by atoms with E-state index in [0.717, 1.165) is 46.5 Å². The maximum atomic E-state index is 12.6. The summed E-state index contributed by atoms with van der Waals surface area (Å²) in [6.07, 6.45) is 5.36. The molecule has 21 heavy (non-hydrogen) atoms. The standard InChI is InChI=1S/C18H17NO2/c1-12-9-16-17(19-11-12)8-5-14(18(16)20)10-13-3-6-15(21-2)7-4-13/h3-4,6-7,9-11H,5,8H2,1-2H3. The van der Waals surface area contributed by atoms with Gasteiger partial charge in [-0.2, -0.15) is 0 Å². The number of hydrogen-bond donors (Lipinski definition) is 0. The van der Waals surface area contributed by atoms with Gasteiger partial charge in [0.1, 0.15) is 5.75 Å². The van der Waals surface area contributed by atoms with Crippen LogP contribution in [0.2, 0.25) is 0 Å². The number of methoxy groups -OCH3 is 1. The minimum absolute atomic E-state index is 0.100. The fraction of sp³-hybridized carbons (Fsp3) is 0.222. The van der Waals surface area contributed by atoms with Gasteiger partial charge in [0, 0.05) is 17.3 Å². The zero-order valence-corrected chi connectivity index (χ0v) is 12.2. The molecule has 0 atom stereocenters. The van der Waals surface area contributed by atoms with E-state index < -0.39 is 0 Å². The number of aryl methyl sites for hydroxylation is 2. The number of allylic oxidation sites excluding steroid dienone is 1. The summed E-state index contributed by atoms with van der Waals surface area (Å²) in [6.45, 7) is 1.96. The van der Waals surface area contributed by atoms with Gasteiger partial charge in [0.05, 0.1) is 12.8 Å². The lowest BCUT2D eigenvalue weighted by Crippen LogP contribution is -2.15. The van der Waals surface area contributed by atoms with Crippen LogP contribution in [-0.2, 0) is 6.42 Å². The topological polar surface area (TPSA) is 39.2 Å². The molecule has 0 amide bonds. The van der Waals surface area contributed by atoms with Crippen LogP contribution in [0.1, 0.15) is 33.6 Å². The minimum atomic E-state index is 0.100. The van der Waals surface area contributed by atoms with Crippen LogP contribution >= 0.6 is 0 Å². The molecule has 0 radical (unpaired) electrons. The van der Waals surface area contributed by atoms with E-state index in [-0.39, 0.29) is 5.78 Å². The highest BCUT2D eigenvalue weighted by molar-refractivity contribution is 6.13. The molecule has 0 aliphatic heterocycles. The second-order valence-electron chi connectivity index (χ2n) is 5.28. The Bertz CT molecular complexity index is 714. The fourth-order valence-corrected chi connectivity index (χ4v) is 2.57. The van der Waals surface area contributed by atoms with Gasteiger partial charge in [-0.15, -0.1) is 0 Å². The number of hydrogen-bond acceptors (Lipinski definition) is 3. The van der Waals surface area contributed by atoms with Gasteiger partial charge in [-0.3, -0.25) is 9.78 Å². The number of carbonyl (C=O) groups is 1. The molecule has 1 aromatic carbocycles. The van der Waals surface area contributed by atoms with E-state index in [1.54, 1.807) is 7.11 Å². The third-order valence-corrected chi connectivity index (χ3v) is 3.73. The quantitative estimate of drug-likeness (QED) is 0.788. The second kappa shape index (κ2) is 5.52. The average Bonchev–Trinajstić information content (AvgIpc) is 2.51. The van der Waals surface area contributed by atoms with Gasteiger partial charge in [0.15, 0.2) is 5.78 Å². The maximum absolute atomic E-state index is 12.6. The Morgan fingerprint density at radius 1 is 1.19 bits per heavy atom. The Hall–Kier alpha value is -2.42. The number of carbonyl (C=O) groups excluding carboxylic acids is 1. The molecule has 3 heteroatoms. The molecular weight excluding hydrogens is 262 g/mol. The van der Waals surface area contributed by atoms with Crippen LogP contribution in [0.5, 0.6) is 5.75 Å². The molecule has 1 aliphatic rings. The van der Waals surface area contributed by atoms with Gasteiger partial charge in [-0.1, -0.05) is 12.1 Å². The smallest absolute Gasteiger partial charge is 0.190 e. The second-order valence-corrected chi connectivity index (χ2v) is 5.28. The largest absolute Gasteiger partial charge is 0.497 e. The molecule has 1 heterocycles. The molecule has 1 aliphatic carbocycles. The molecule has 0 saturated heterocycles. The van der Waals surface area contributed by atoms with Crippen LogP contribution in [0.4, 0.5) is 0 Å². The molecule has 0 fully saturated rings. The summed E-state index contributed by atoms with van der Waals surface area (Å²) in [4.78, 5) is 16.9. The van der Waals surface area contributed by atoms with Crippen molar-refractivity contribution in [3.63, 3.8) is 0 Å². The number of nitrogens with zero attached hydrogens (tertiary/aromatic N) is 1. The van der Waals surface area contributed by atoms with E-state index in [1.807, 2.05) is 49.5 Å². The summed E-state index contributed by atoms with van der Waals surface area (Å²) in [5.74, 6) is 0.917. The molecule has 0 saturated carbocycles. The third kappa shape index (κ3) is 2.72. The Morgan fingerprint density at radius 2 is 1.95 bits per heavy atom. The van der Waals surface area contributed by atoms with Crippen molar-refractivity contribution >= 4 is 11.9 Å². The summed E-state index contributed by atoms with van der Waals surface area (Å²) >= 11 is 0. The lowest BCUT2D eigenvalue weighted by Gasteiger charge is -2.17. The maximum Gasteiger partial charge on any atom is 0.190 e. The summed E-state index contributed by atoms with van der Waals surface area (Å²) in [5, 5.41) is 0. The van der Waals surface area contributed by atoms with E-state index in [2.05, 4.69) is 4.98 Å².